The molecule has 32 heavy (non-hydrogen) atoms. The van der Waals surface area contributed by atoms with Crippen molar-refractivity contribution in [3.63, 3.8) is 0 Å². The van der Waals surface area contributed by atoms with Crippen molar-refractivity contribution in [1.82, 2.24) is 19.9 Å². The van der Waals surface area contributed by atoms with Gasteiger partial charge >= 0.3 is 0 Å². The van der Waals surface area contributed by atoms with Gasteiger partial charge in [-0.15, -0.1) is 11.3 Å². The van der Waals surface area contributed by atoms with E-state index in [0.717, 1.165) is 43.5 Å². The second-order valence-corrected chi connectivity index (χ2v) is 10.7. The summed E-state index contributed by atoms with van der Waals surface area (Å²) >= 11 is 1.52. The predicted octanol–water partition coefficient (Wildman–Crippen LogP) is 4.92. The Hall–Kier alpha value is -3.30. The molecule has 162 valence electrons. The Morgan fingerprint density at radius 1 is 1.12 bits per heavy atom. The number of fused-ring (bicyclic) bond motifs is 3. The molecule has 1 N–H and O–H groups in total. The molecule has 5 aromatic rings. The Kier molecular flexibility index (Phi) is 5.15. The van der Waals surface area contributed by atoms with Crippen LogP contribution in [0.1, 0.15) is 17.4 Å². The van der Waals surface area contributed by atoms with Crippen LogP contribution in [0.15, 0.2) is 59.3 Å². The van der Waals surface area contributed by atoms with Crippen LogP contribution in [0.3, 0.4) is 0 Å². The fourth-order valence-electron chi connectivity index (χ4n) is 3.67. The molecule has 0 amide bonds. The van der Waals surface area contributed by atoms with Gasteiger partial charge in [0, 0.05) is 34.9 Å². The number of ether oxygens (including phenoxy) is 1. The number of hydrogen-bond acceptors (Lipinski definition) is 7. The number of benzene rings is 1. The van der Waals surface area contributed by atoms with E-state index in [1.165, 1.54) is 11.3 Å². The zero-order chi connectivity index (χ0) is 22.3. The van der Waals surface area contributed by atoms with Gasteiger partial charge < -0.3 is 9.72 Å². The standard InChI is InChI=1S/C23H20N4O3S2/c1-3-32(28,29)17-6-4-5-15(8-17)19-11-26-23(30-12-16-10-24-13-31-16)21-20(19)18-7-14(2)9-25-22(18)27-21/h4-11,13H,3,12H2,1-2H3,(H,25,27). The first-order valence-corrected chi connectivity index (χ1v) is 12.6. The number of aromatic amines is 1. The van der Waals surface area contributed by atoms with Crippen LogP contribution in [-0.2, 0) is 16.4 Å². The highest BCUT2D eigenvalue weighted by Crippen LogP contribution is 2.38. The molecule has 0 aliphatic carbocycles. The largest absolute Gasteiger partial charge is 0.470 e. The number of nitrogens with zero attached hydrogens (tertiary/aromatic N) is 3. The Morgan fingerprint density at radius 2 is 2.00 bits per heavy atom. The summed E-state index contributed by atoms with van der Waals surface area (Å²) in [6, 6.07) is 9.04. The molecule has 0 bridgehead atoms. The van der Waals surface area contributed by atoms with E-state index < -0.39 is 9.84 Å². The van der Waals surface area contributed by atoms with Crippen LogP contribution in [0.25, 0.3) is 33.1 Å². The summed E-state index contributed by atoms with van der Waals surface area (Å²) in [6.45, 7) is 3.99. The summed E-state index contributed by atoms with van der Waals surface area (Å²) in [7, 11) is -3.33. The molecule has 0 aliphatic heterocycles. The average molecular weight is 465 g/mol. The highest BCUT2D eigenvalue weighted by Gasteiger charge is 2.19. The number of thiazole rings is 1. The molecule has 0 fully saturated rings. The molecule has 0 saturated heterocycles. The molecule has 4 heterocycles. The van der Waals surface area contributed by atoms with Gasteiger partial charge in [-0.25, -0.2) is 18.4 Å². The van der Waals surface area contributed by atoms with Crippen LogP contribution in [0.4, 0.5) is 0 Å². The molecule has 4 aromatic heterocycles. The van der Waals surface area contributed by atoms with Crippen molar-refractivity contribution in [2.45, 2.75) is 25.3 Å². The van der Waals surface area contributed by atoms with Gasteiger partial charge in [0.1, 0.15) is 17.8 Å². The Bertz CT molecular complexity index is 1540. The molecule has 0 radical (unpaired) electrons. The van der Waals surface area contributed by atoms with Crippen LogP contribution < -0.4 is 4.74 Å². The van der Waals surface area contributed by atoms with Crippen molar-refractivity contribution in [1.29, 1.82) is 0 Å². The van der Waals surface area contributed by atoms with E-state index in [-0.39, 0.29) is 5.75 Å². The van der Waals surface area contributed by atoms with E-state index in [0.29, 0.717) is 17.4 Å². The number of hydrogen-bond donors (Lipinski definition) is 1. The van der Waals surface area contributed by atoms with Gasteiger partial charge in [0.2, 0.25) is 5.88 Å². The lowest BCUT2D eigenvalue weighted by Gasteiger charge is -2.10. The van der Waals surface area contributed by atoms with Gasteiger partial charge in [-0.05, 0) is 36.2 Å². The quantitative estimate of drug-likeness (QED) is 0.383. The molecule has 0 atom stereocenters. The third-order valence-electron chi connectivity index (χ3n) is 5.30. The minimum Gasteiger partial charge on any atom is -0.470 e. The van der Waals surface area contributed by atoms with Gasteiger partial charge in [-0.3, -0.25) is 4.98 Å². The van der Waals surface area contributed by atoms with E-state index >= 15 is 0 Å². The SMILES string of the molecule is CCS(=O)(=O)c1cccc(-c2cnc(OCc3cncs3)c3[nH]c4ncc(C)cc4c23)c1. The first kappa shape index (κ1) is 20.6. The van der Waals surface area contributed by atoms with Crippen LogP contribution in [0.5, 0.6) is 5.88 Å². The Balaban J connectivity index is 1.72. The maximum atomic E-state index is 12.5. The maximum absolute atomic E-state index is 12.5. The van der Waals surface area contributed by atoms with Crippen LogP contribution >= 0.6 is 11.3 Å². The molecule has 0 unspecified atom stereocenters. The molecule has 0 spiro atoms. The summed E-state index contributed by atoms with van der Waals surface area (Å²) in [4.78, 5) is 17.8. The first-order chi connectivity index (χ1) is 15.5. The normalized spacial score (nSPS) is 11.9. The molecule has 7 nitrogen and oxygen atoms in total. The van der Waals surface area contributed by atoms with Gasteiger partial charge in [-0.1, -0.05) is 19.1 Å². The third kappa shape index (κ3) is 3.63. The van der Waals surface area contributed by atoms with Crippen molar-refractivity contribution in [2.24, 2.45) is 0 Å². The summed E-state index contributed by atoms with van der Waals surface area (Å²) in [5.74, 6) is 0.509. The summed E-state index contributed by atoms with van der Waals surface area (Å²) < 4.78 is 30.9. The molecule has 1 aromatic carbocycles. The molecule has 5 rings (SSSR count). The van der Waals surface area contributed by atoms with Crippen molar-refractivity contribution >= 4 is 43.1 Å². The van der Waals surface area contributed by atoms with Gasteiger partial charge in [0.05, 0.1) is 21.0 Å². The van der Waals surface area contributed by atoms with E-state index in [9.17, 15) is 8.42 Å². The second-order valence-electron chi connectivity index (χ2n) is 7.45. The number of pyridine rings is 2. The highest BCUT2D eigenvalue weighted by atomic mass is 32.2. The second kappa shape index (κ2) is 7.99. The molecule has 0 saturated carbocycles. The molecule has 9 heteroatoms. The van der Waals surface area contributed by atoms with Gasteiger partial charge in [0.15, 0.2) is 9.84 Å². The summed E-state index contributed by atoms with van der Waals surface area (Å²) in [6.07, 6.45) is 5.31. The van der Waals surface area contributed by atoms with Crippen LogP contribution in [0, 0.1) is 6.92 Å². The van der Waals surface area contributed by atoms with Crippen molar-refractivity contribution < 1.29 is 13.2 Å². The van der Waals surface area contributed by atoms with Crippen molar-refractivity contribution in [3.8, 4) is 17.0 Å². The monoisotopic (exact) mass is 464 g/mol. The predicted molar refractivity (Wildman–Crippen MR) is 126 cm³/mol. The number of rotatable bonds is 6. The Morgan fingerprint density at radius 3 is 2.78 bits per heavy atom. The number of nitrogens with one attached hydrogen (secondary N) is 1. The smallest absolute Gasteiger partial charge is 0.238 e. The molecular weight excluding hydrogens is 444 g/mol. The number of sulfone groups is 1. The van der Waals surface area contributed by atoms with Gasteiger partial charge in [-0.2, -0.15) is 0 Å². The first-order valence-electron chi connectivity index (χ1n) is 10.1. The summed E-state index contributed by atoms with van der Waals surface area (Å²) in [5, 5.41) is 1.83. The molecular formula is C23H20N4O3S2. The summed E-state index contributed by atoms with van der Waals surface area (Å²) in [5.41, 5.74) is 5.82. The van der Waals surface area contributed by atoms with E-state index in [1.807, 2.05) is 13.0 Å². The Labute approximate surface area is 189 Å². The maximum Gasteiger partial charge on any atom is 0.238 e. The average Bonchev–Trinajstić information content (AvgIpc) is 3.45. The number of aromatic nitrogens is 4. The molecule has 0 aliphatic rings. The lowest BCUT2D eigenvalue weighted by atomic mass is 10.0. The van der Waals surface area contributed by atoms with E-state index in [2.05, 4.69) is 26.0 Å². The van der Waals surface area contributed by atoms with Crippen molar-refractivity contribution in [3.05, 3.63) is 64.9 Å². The zero-order valence-corrected chi connectivity index (χ0v) is 19.1. The van der Waals surface area contributed by atoms with E-state index in [1.54, 1.807) is 49.2 Å². The van der Waals surface area contributed by atoms with Crippen LogP contribution in [0.2, 0.25) is 0 Å². The fraction of sp³-hybridized carbons (Fsp3) is 0.174. The topological polar surface area (TPSA) is 97.8 Å². The highest BCUT2D eigenvalue weighted by molar-refractivity contribution is 7.91. The number of aryl methyl sites for hydroxylation is 1. The van der Waals surface area contributed by atoms with Gasteiger partial charge in [0.25, 0.3) is 0 Å². The lowest BCUT2D eigenvalue weighted by Crippen LogP contribution is -2.03. The third-order valence-corrected chi connectivity index (χ3v) is 7.79. The minimum absolute atomic E-state index is 0.0463. The minimum atomic E-state index is -3.33. The van der Waals surface area contributed by atoms with Crippen LogP contribution in [-0.4, -0.2) is 34.1 Å². The number of H-pyrrole nitrogens is 1. The van der Waals surface area contributed by atoms with Crippen molar-refractivity contribution in [2.75, 3.05) is 5.75 Å². The zero-order valence-electron chi connectivity index (χ0n) is 17.5. The fourth-order valence-corrected chi connectivity index (χ4v) is 5.10. The lowest BCUT2D eigenvalue weighted by molar-refractivity contribution is 0.301. The van der Waals surface area contributed by atoms with E-state index in [4.69, 9.17) is 4.74 Å².